The van der Waals surface area contributed by atoms with E-state index in [-0.39, 0.29) is 25.3 Å². The Morgan fingerprint density at radius 3 is 1.85 bits per heavy atom. The molecule has 1 aromatic rings. The van der Waals surface area contributed by atoms with Crippen LogP contribution in [0.2, 0.25) is 0 Å². The third-order valence-corrected chi connectivity index (χ3v) is 5.31. The van der Waals surface area contributed by atoms with Gasteiger partial charge < -0.3 is 36.6 Å². The summed E-state index contributed by atoms with van der Waals surface area (Å²) in [5.74, 6) is -3.44. The zero-order valence-corrected chi connectivity index (χ0v) is 20.5. The predicted molar refractivity (Wildman–Crippen MR) is 131 cm³/mol. The molecular formula is C21H29IN4O8. The predicted octanol–water partition coefficient (Wildman–Crippen LogP) is 2.43. The highest BCUT2D eigenvalue weighted by Gasteiger charge is 2.20. The van der Waals surface area contributed by atoms with Crippen LogP contribution >= 0.6 is 22.6 Å². The maximum Gasteiger partial charge on any atom is 0.319 e. The van der Waals surface area contributed by atoms with Gasteiger partial charge >= 0.3 is 30.0 Å². The number of anilines is 1. The summed E-state index contributed by atoms with van der Waals surface area (Å²) in [5, 5.41) is 37.1. The van der Waals surface area contributed by atoms with Crippen molar-refractivity contribution < 1.29 is 39.3 Å². The van der Waals surface area contributed by atoms with Crippen LogP contribution in [-0.4, -0.2) is 63.9 Å². The van der Waals surface area contributed by atoms with E-state index < -0.39 is 42.4 Å². The van der Waals surface area contributed by atoms with Crippen LogP contribution in [0.1, 0.15) is 44.9 Å². The molecule has 0 heterocycles. The topological polar surface area (TPSA) is 194 Å². The van der Waals surface area contributed by atoms with Crippen LogP contribution in [0.4, 0.5) is 15.3 Å². The molecule has 0 radical (unpaired) electrons. The lowest BCUT2D eigenvalue weighted by Crippen LogP contribution is -2.47. The van der Waals surface area contributed by atoms with Gasteiger partial charge in [0.1, 0.15) is 0 Å². The molecule has 188 valence electrons. The average Bonchev–Trinajstić information content (AvgIpc) is 2.72. The number of rotatable bonds is 15. The number of carboxylic acid groups (broad SMARTS) is 3. The summed E-state index contributed by atoms with van der Waals surface area (Å²) < 4.78 is 1.04. The maximum absolute atomic E-state index is 12.2. The Hall–Kier alpha value is -3.10. The summed E-state index contributed by atoms with van der Waals surface area (Å²) in [6.45, 7) is 0.345. The molecule has 34 heavy (non-hydrogen) atoms. The van der Waals surface area contributed by atoms with E-state index in [1.165, 1.54) is 0 Å². The van der Waals surface area contributed by atoms with Gasteiger partial charge in [-0.3, -0.25) is 14.4 Å². The molecule has 0 fully saturated rings. The van der Waals surface area contributed by atoms with Crippen LogP contribution in [0, 0.1) is 3.57 Å². The summed E-state index contributed by atoms with van der Waals surface area (Å²) in [4.78, 5) is 56.9. The Labute approximate surface area is 210 Å². The van der Waals surface area contributed by atoms with Gasteiger partial charge in [0.05, 0.1) is 12.8 Å². The van der Waals surface area contributed by atoms with Crippen molar-refractivity contribution in [2.45, 2.75) is 57.0 Å². The second kappa shape index (κ2) is 15.7. The molecule has 4 amide bonds. The largest absolute Gasteiger partial charge is 0.481 e. The van der Waals surface area contributed by atoms with E-state index in [0.29, 0.717) is 31.5 Å². The Kier molecular flexibility index (Phi) is 13.3. The fourth-order valence-electron chi connectivity index (χ4n) is 3.01. The number of unbranched alkanes of at least 4 members (excludes halogenated alkanes) is 1. The zero-order valence-electron chi connectivity index (χ0n) is 18.4. The van der Waals surface area contributed by atoms with Crippen LogP contribution in [0.3, 0.4) is 0 Å². The van der Waals surface area contributed by atoms with Gasteiger partial charge in [0, 0.05) is 34.3 Å². The van der Waals surface area contributed by atoms with E-state index in [4.69, 9.17) is 15.3 Å². The van der Waals surface area contributed by atoms with E-state index in [0.717, 1.165) is 3.57 Å². The third-order valence-electron chi connectivity index (χ3n) is 4.59. The van der Waals surface area contributed by atoms with E-state index in [1.807, 2.05) is 12.1 Å². The summed E-state index contributed by atoms with van der Waals surface area (Å²) >= 11 is 2.16. The minimum Gasteiger partial charge on any atom is -0.481 e. The Bertz CT molecular complexity index is 850. The molecular weight excluding hydrogens is 563 g/mol. The molecule has 0 aliphatic carbocycles. The first kappa shape index (κ1) is 28.9. The molecule has 1 rings (SSSR count). The lowest BCUT2D eigenvalue weighted by Gasteiger charge is -2.21. The van der Waals surface area contributed by atoms with Crippen molar-refractivity contribution in [3.05, 3.63) is 27.8 Å². The smallest absolute Gasteiger partial charge is 0.319 e. The lowest BCUT2D eigenvalue weighted by atomic mass is 10.1. The molecule has 2 atom stereocenters. The number of hydrogen-bond acceptors (Lipinski definition) is 5. The van der Waals surface area contributed by atoms with Gasteiger partial charge in [-0.05, 0) is 72.5 Å². The third kappa shape index (κ3) is 14.1. The van der Waals surface area contributed by atoms with Crippen molar-refractivity contribution in [2.75, 3.05) is 11.9 Å². The van der Waals surface area contributed by atoms with Crippen molar-refractivity contribution in [2.24, 2.45) is 0 Å². The highest BCUT2D eigenvalue weighted by atomic mass is 127. The van der Waals surface area contributed by atoms with Gasteiger partial charge in [-0.15, -0.1) is 0 Å². The van der Waals surface area contributed by atoms with Gasteiger partial charge in [0.25, 0.3) is 0 Å². The minimum atomic E-state index is -1.20. The minimum absolute atomic E-state index is 0.0748. The van der Waals surface area contributed by atoms with Gasteiger partial charge in [-0.2, -0.15) is 0 Å². The van der Waals surface area contributed by atoms with E-state index >= 15 is 0 Å². The Morgan fingerprint density at radius 2 is 1.32 bits per heavy atom. The molecule has 0 bridgehead atoms. The molecule has 0 saturated heterocycles. The number of carbonyl (C=O) groups excluding carboxylic acids is 2. The number of benzene rings is 1. The summed E-state index contributed by atoms with van der Waals surface area (Å²) in [6.07, 6.45) is 0.181. The Morgan fingerprint density at radius 1 is 0.765 bits per heavy atom. The van der Waals surface area contributed by atoms with Crippen LogP contribution < -0.4 is 21.3 Å². The standard InChI is InChI=1S/C21H29IN4O8/c22-13-4-6-14(7-5-13)24-20(33)23-10-2-1-3-15(11-18(29)30)25-21(34)26-16(12-19(31)32)8-9-17(27)28/h4-7,15-16H,1-3,8-12H2,(H,27,28)(H,29,30)(H,31,32)(H2,23,24,33)(H2,25,26,34)/t15-,16-/m0/s1. The highest BCUT2D eigenvalue weighted by Crippen LogP contribution is 2.11. The molecule has 0 aromatic heterocycles. The summed E-state index contributed by atoms with van der Waals surface area (Å²) in [5.41, 5.74) is 0.652. The number of aliphatic carboxylic acids is 3. The number of nitrogens with one attached hydrogen (secondary N) is 4. The van der Waals surface area contributed by atoms with Crippen molar-refractivity contribution in [1.82, 2.24) is 16.0 Å². The quantitative estimate of drug-likeness (QED) is 0.119. The Balaban J connectivity index is 2.43. The van der Waals surface area contributed by atoms with Crippen LogP contribution in [0.15, 0.2) is 24.3 Å². The summed E-state index contributed by atoms with van der Waals surface area (Å²) in [7, 11) is 0. The molecule has 0 unspecified atom stereocenters. The second-order valence-corrected chi connectivity index (χ2v) is 8.77. The van der Waals surface area contributed by atoms with Crippen molar-refractivity contribution >= 4 is 58.2 Å². The molecule has 0 spiro atoms. The number of hydrogen-bond donors (Lipinski definition) is 7. The van der Waals surface area contributed by atoms with E-state index in [9.17, 15) is 24.0 Å². The molecule has 7 N–H and O–H groups in total. The first-order chi connectivity index (χ1) is 16.0. The fourth-order valence-corrected chi connectivity index (χ4v) is 3.37. The first-order valence-electron chi connectivity index (χ1n) is 10.6. The van der Waals surface area contributed by atoms with Crippen LogP contribution in [-0.2, 0) is 14.4 Å². The molecule has 1 aromatic carbocycles. The average molecular weight is 592 g/mol. The SMILES string of the molecule is O=C(O)CC[C@@H](CC(=O)O)NC(=O)N[C@@H](CCCCNC(=O)Nc1ccc(I)cc1)CC(=O)O. The number of carbonyl (C=O) groups is 5. The number of halogens is 1. The van der Waals surface area contributed by atoms with Crippen molar-refractivity contribution in [3.63, 3.8) is 0 Å². The van der Waals surface area contributed by atoms with Gasteiger partial charge in [-0.1, -0.05) is 0 Å². The number of urea groups is 2. The van der Waals surface area contributed by atoms with E-state index in [1.54, 1.807) is 12.1 Å². The van der Waals surface area contributed by atoms with Crippen LogP contribution in [0.25, 0.3) is 0 Å². The van der Waals surface area contributed by atoms with Gasteiger partial charge in [-0.25, -0.2) is 9.59 Å². The monoisotopic (exact) mass is 592 g/mol. The second-order valence-electron chi connectivity index (χ2n) is 7.52. The van der Waals surface area contributed by atoms with Gasteiger partial charge in [0.15, 0.2) is 0 Å². The van der Waals surface area contributed by atoms with Crippen LogP contribution in [0.5, 0.6) is 0 Å². The summed E-state index contributed by atoms with van der Waals surface area (Å²) in [6, 6.07) is 4.51. The molecule has 0 aliphatic heterocycles. The number of amides is 4. The van der Waals surface area contributed by atoms with Crippen molar-refractivity contribution in [1.29, 1.82) is 0 Å². The molecule has 12 nitrogen and oxygen atoms in total. The lowest BCUT2D eigenvalue weighted by molar-refractivity contribution is -0.139. The number of carboxylic acids is 3. The maximum atomic E-state index is 12.2. The van der Waals surface area contributed by atoms with E-state index in [2.05, 4.69) is 43.9 Å². The van der Waals surface area contributed by atoms with Crippen molar-refractivity contribution in [3.8, 4) is 0 Å². The molecule has 0 aliphatic rings. The fraction of sp³-hybridized carbons (Fsp3) is 0.476. The first-order valence-corrected chi connectivity index (χ1v) is 11.7. The van der Waals surface area contributed by atoms with Gasteiger partial charge in [0.2, 0.25) is 0 Å². The molecule has 0 saturated carbocycles. The normalized spacial score (nSPS) is 12.1. The zero-order chi connectivity index (χ0) is 25.5. The highest BCUT2D eigenvalue weighted by molar-refractivity contribution is 14.1. The molecule has 13 heteroatoms.